The molecule has 0 spiro atoms. The molecule has 35 heavy (non-hydrogen) atoms. The molecule has 0 bridgehead atoms. The molecule has 6 nitrogen and oxygen atoms in total. The number of anilines is 1. The molecule has 2 aromatic carbocycles. The molecular weight excluding hydrogens is 458 g/mol. The number of hydrogen-bond donors (Lipinski definition) is 2. The van der Waals surface area contributed by atoms with Crippen molar-refractivity contribution < 1.29 is 9.53 Å². The number of carbonyl (C=O) groups excluding carboxylic acids is 1. The normalized spacial score (nSPS) is 12.2. The third-order valence-corrected chi connectivity index (χ3v) is 7.13. The van der Waals surface area contributed by atoms with Crippen LogP contribution in [0.4, 0.5) is 5.69 Å². The lowest BCUT2D eigenvalue weighted by Crippen LogP contribution is -2.30. The predicted molar refractivity (Wildman–Crippen MR) is 146 cm³/mol. The molecule has 0 aliphatic heterocycles. The molecule has 1 atom stereocenters. The Morgan fingerprint density at radius 2 is 1.91 bits per heavy atom. The molecule has 0 radical (unpaired) electrons. The summed E-state index contributed by atoms with van der Waals surface area (Å²) in [4.78, 5) is 25.2. The monoisotopic (exact) mass is 491 g/mol. The summed E-state index contributed by atoms with van der Waals surface area (Å²) in [5.74, 6) is 0.288. The van der Waals surface area contributed by atoms with Crippen LogP contribution in [-0.2, 0) is 0 Å². The summed E-state index contributed by atoms with van der Waals surface area (Å²) >= 11 is 1.76. The van der Waals surface area contributed by atoms with Crippen LogP contribution >= 0.6 is 11.3 Å². The smallest absolute Gasteiger partial charge is 0.257 e. The first kappa shape index (κ1) is 24.9. The zero-order valence-corrected chi connectivity index (χ0v) is 21.2. The molecule has 7 heteroatoms. The number of fused-ring (bicyclic) bond motifs is 2. The zero-order chi connectivity index (χ0) is 24.6. The van der Waals surface area contributed by atoms with E-state index in [4.69, 9.17) is 4.74 Å². The van der Waals surface area contributed by atoms with Gasteiger partial charge in [0.1, 0.15) is 5.75 Å². The van der Waals surface area contributed by atoms with Crippen molar-refractivity contribution in [3.63, 3.8) is 0 Å². The van der Waals surface area contributed by atoms with Gasteiger partial charge < -0.3 is 15.4 Å². The van der Waals surface area contributed by atoms with E-state index in [0.717, 1.165) is 37.9 Å². The maximum atomic E-state index is 12.8. The molecule has 1 unspecified atom stereocenters. The SMILES string of the molecule is CCC(C)C(=O)n1c(=O)ccc2ccc(OCCCCNCCNc3cccc4sccc34)cc21. The van der Waals surface area contributed by atoms with Crippen molar-refractivity contribution in [1.29, 1.82) is 0 Å². The van der Waals surface area contributed by atoms with Crippen LogP contribution in [0, 0.1) is 5.92 Å². The van der Waals surface area contributed by atoms with Gasteiger partial charge in [-0.3, -0.25) is 9.59 Å². The summed E-state index contributed by atoms with van der Waals surface area (Å²) in [5.41, 5.74) is 1.49. The molecule has 4 aromatic rings. The highest BCUT2D eigenvalue weighted by molar-refractivity contribution is 7.17. The molecule has 0 fully saturated rings. The third-order valence-electron chi connectivity index (χ3n) is 6.25. The lowest BCUT2D eigenvalue weighted by Gasteiger charge is -2.14. The fraction of sp³-hybridized carbons (Fsp3) is 0.357. The highest BCUT2D eigenvalue weighted by Crippen LogP contribution is 2.27. The van der Waals surface area contributed by atoms with Crippen LogP contribution in [0.5, 0.6) is 5.75 Å². The van der Waals surface area contributed by atoms with Crippen molar-refractivity contribution in [2.24, 2.45) is 5.92 Å². The van der Waals surface area contributed by atoms with Crippen LogP contribution in [0.15, 0.2) is 64.8 Å². The van der Waals surface area contributed by atoms with Crippen LogP contribution in [0.3, 0.4) is 0 Å². The fourth-order valence-electron chi connectivity index (χ4n) is 4.03. The van der Waals surface area contributed by atoms with Crippen molar-refractivity contribution in [3.8, 4) is 5.75 Å². The van der Waals surface area contributed by atoms with Crippen LogP contribution in [0.25, 0.3) is 21.0 Å². The second-order valence-electron chi connectivity index (χ2n) is 8.75. The highest BCUT2D eigenvalue weighted by atomic mass is 32.1. The number of carbonyl (C=O) groups is 1. The molecule has 2 heterocycles. The van der Waals surface area contributed by atoms with Gasteiger partial charge >= 0.3 is 0 Å². The number of unbranched alkanes of at least 4 members (excludes halogenated alkanes) is 1. The van der Waals surface area contributed by atoms with Crippen LogP contribution < -0.4 is 20.9 Å². The Kier molecular flexibility index (Phi) is 8.55. The van der Waals surface area contributed by atoms with E-state index in [9.17, 15) is 9.59 Å². The van der Waals surface area contributed by atoms with E-state index in [2.05, 4.69) is 40.3 Å². The molecule has 0 aliphatic rings. The number of thiophene rings is 1. The minimum Gasteiger partial charge on any atom is -0.494 e. The molecule has 0 saturated heterocycles. The topological polar surface area (TPSA) is 72.4 Å². The number of aromatic nitrogens is 1. The standard InChI is InChI=1S/C28H33N3O3S/c1-3-20(2)28(33)31-25-19-22(11-9-21(25)10-12-27(31)32)34-17-5-4-14-29-15-16-30-24-7-6-8-26-23(24)13-18-35-26/h6-13,18-20,29-30H,3-5,14-17H2,1-2H3. The van der Waals surface area contributed by atoms with Gasteiger partial charge in [0.05, 0.1) is 12.1 Å². The number of nitrogens with one attached hydrogen (secondary N) is 2. The maximum absolute atomic E-state index is 12.8. The summed E-state index contributed by atoms with van der Waals surface area (Å²) in [6, 6.07) is 17.3. The zero-order valence-electron chi connectivity index (χ0n) is 20.4. The van der Waals surface area contributed by atoms with Gasteiger partial charge in [0.15, 0.2) is 0 Å². The summed E-state index contributed by atoms with van der Waals surface area (Å²) in [6.45, 7) is 7.08. The average Bonchev–Trinajstić information content (AvgIpc) is 3.36. The van der Waals surface area contributed by atoms with Gasteiger partial charge in [-0.15, -0.1) is 11.3 Å². The predicted octanol–water partition coefficient (Wildman–Crippen LogP) is 5.76. The first-order valence-electron chi connectivity index (χ1n) is 12.3. The van der Waals surface area contributed by atoms with Crippen LogP contribution in [0.1, 0.15) is 37.9 Å². The van der Waals surface area contributed by atoms with Crippen LogP contribution in [0.2, 0.25) is 0 Å². The second kappa shape index (κ2) is 12.0. The number of ether oxygens (including phenoxy) is 1. The number of nitrogens with zero attached hydrogens (tertiary/aromatic N) is 1. The second-order valence-corrected chi connectivity index (χ2v) is 9.69. The Morgan fingerprint density at radius 1 is 1.06 bits per heavy atom. The Labute approximate surface area is 209 Å². The first-order valence-corrected chi connectivity index (χ1v) is 13.2. The summed E-state index contributed by atoms with van der Waals surface area (Å²) in [6.07, 6.45) is 2.61. The van der Waals surface area contributed by atoms with E-state index in [1.807, 2.05) is 26.0 Å². The van der Waals surface area contributed by atoms with Crippen LogP contribution in [-0.4, -0.2) is 36.7 Å². The van der Waals surface area contributed by atoms with Gasteiger partial charge in [0.2, 0.25) is 5.91 Å². The number of pyridine rings is 1. The largest absolute Gasteiger partial charge is 0.494 e. The van der Waals surface area contributed by atoms with Crippen molar-refractivity contribution in [3.05, 3.63) is 70.3 Å². The van der Waals surface area contributed by atoms with Gasteiger partial charge in [-0.1, -0.05) is 19.9 Å². The average molecular weight is 492 g/mol. The third kappa shape index (κ3) is 6.10. The summed E-state index contributed by atoms with van der Waals surface area (Å²) < 4.78 is 8.52. The van der Waals surface area contributed by atoms with Crippen molar-refractivity contribution in [2.45, 2.75) is 33.1 Å². The molecule has 184 valence electrons. The highest BCUT2D eigenvalue weighted by Gasteiger charge is 2.17. The summed E-state index contributed by atoms with van der Waals surface area (Å²) in [7, 11) is 0. The van der Waals surface area contributed by atoms with E-state index >= 15 is 0 Å². The summed E-state index contributed by atoms with van der Waals surface area (Å²) in [5, 5.41) is 11.2. The Balaban J connectivity index is 1.20. The van der Waals surface area contributed by atoms with E-state index in [1.54, 1.807) is 23.5 Å². The molecule has 2 N–H and O–H groups in total. The van der Waals surface area contributed by atoms with Crippen molar-refractivity contribution in [2.75, 3.05) is 31.6 Å². The minimum atomic E-state index is -0.299. The quantitative estimate of drug-likeness (QED) is 0.246. The van der Waals surface area contributed by atoms with Crippen molar-refractivity contribution in [1.82, 2.24) is 9.88 Å². The Hall–Kier alpha value is -3.16. The maximum Gasteiger partial charge on any atom is 0.257 e. The molecule has 0 saturated carbocycles. The molecule has 0 amide bonds. The molecule has 0 aliphatic carbocycles. The number of rotatable bonds is 12. The van der Waals surface area contributed by atoms with Crippen molar-refractivity contribution >= 4 is 43.9 Å². The van der Waals surface area contributed by atoms with Gasteiger partial charge in [0, 0.05) is 46.9 Å². The number of benzene rings is 2. The van der Waals surface area contributed by atoms with E-state index in [-0.39, 0.29) is 17.4 Å². The lowest BCUT2D eigenvalue weighted by molar-refractivity contribution is 0.0843. The molecule has 2 aromatic heterocycles. The van der Waals surface area contributed by atoms with Gasteiger partial charge in [-0.25, -0.2) is 4.57 Å². The van der Waals surface area contributed by atoms with Gasteiger partial charge in [0.25, 0.3) is 5.56 Å². The van der Waals surface area contributed by atoms with Gasteiger partial charge in [-0.2, -0.15) is 0 Å². The Morgan fingerprint density at radius 3 is 2.77 bits per heavy atom. The lowest BCUT2D eigenvalue weighted by atomic mass is 10.1. The Bertz CT molecular complexity index is 1340. The van der Waals surface area contributed by atoms with Gasteiger partial charge in [-0.05, 0) is 73.0 Å². The number of hydrogen-bond acceptors (Lipinski definition) is 6. The minimum absolute atomic E-state index is 0.173. The fourth-order valence-corrected chi connectivity index (χ4v) is 4.84. The van der Waals surface area contributed by atoms with E-state index in [0.29, 0.717) is 24.3 Å². The molecular formula is C28H33N3O3S. The van der Waals surface area contributed by atoms with E-state index < -0.39 is 0 Å². The molecule has 4 rings (SSSR count). The van der Waals surface area contributed by atoms with E-state index in [1.165, 1.54) is 26.4 Å². The first-order chi connectivity index (χ1) is 17.1.